The molecular formula is C71H154. The van der Waals surface area contributed by atoms with Crippen LogP contribution in [0.2, 0.25) is 0 Å². The second kappa shape index (κ2) is 35.4. The van der Waals surface area contributed by atoms with Gasteiger partial charge in [0, 0.05) is 0 Å². The maximum Gasteiger partial charge on any atom is -0.0329 e. The summed E-state index contributed by atoms with van der Waals surface area (Å²) in [4.78, 5) is 0. The molecule has 0 amide bonds. The lowest BCUT2D eigenvalue weighted by atomic mass is 9.56. The summed E-state index contributed by atoms with van der Waals surface area (Å²) < 4.78 is 0. The first-order valence-electron chi connectivity index (χ1n) is 31.0. The van der Waals surface area contributed by atoms with Crippen molar-refractivity contribution < 1.29 is 0 Å². The van der Waals surface area contributed by atoms with Crippen LogP contribution < -0.4 is 0 Å². The van der Waals surface area contributed by atoms with E-state index in [1.54, 1.807) is 0 Å². The Morgan fingerprint density at radius 1 is 0.211 bits per heavy atom. The predicted molar refractivity (Wildman–Crippen MR) is 339 cm³/mol. The molecule has 0 heteroatoms. The van der Waals surface area contributed by atoms with E-state index in [-0.39, 0.29) is 14.9 Å². The van der Waals surface area contributed by atoms with E-state index in [1.165, 1.54) is 83.5 Å². The molecule has 0 saturated heterocycles. The second-order valence-corrected chi connectivity index (χ2v) is 31.7. The normalized spacial score (nSPS) is 29.6. The van der Waals surface area contributed by atoms with Gasteiger partial charge in [0.25, 0.3) is 0 Å². The highest BCUT2D eigenvalue weighted by Gasteiger charge is 2.50. The molecule has 0 N–H and O–H groups in total. The molecule has 6 aliphatic rings. The van der Waals surface area contributed by atoms with E-state index in [4.69, 9.17) is 0 Å². The van der Waals surface area contributed by atoms with Crippen LogP contribution in [0.25, 0.3) is 0 Å². The third kappa shape index (κ3) is 36.6. The summed E-state index contributed by atoms with van der Waals surface area (Å²) in [7, 11) is 0. The van der Waals surface area contributed by atoms with Gasteiger partial charge in [0.1, 0.15) is 0 Å². The van der Waals surface area contributed by atoms with Crippen LogP contribution in [-0.4, -0.2) is 0 Å². The van der Waals surface area contributed by atoms with E-state index < -0.39 is 0 Å². The Morgan fingerprint density at radius 3 is 0.507 bits per heavy atom. The van der Waals surface area contributed by atoms with Crippen molar-refractivity contribution in [3.05, 3.63) is 0 Å². The molecule has 6 saturated carbocycles. The van der Waals surface area contributed by atoms with Crippen molar-refractivity contribution in [1.82, 2.24) is 0 Å². The fourth-order valence-corrected chi connectivity index (χ4v) is 10.7. The minimum Gasteiger partial charge on any atom is -0.0776 e. The summed E-state index contributed by atoms with van der Waals surface area (Å²) in [5, 5.41) is 0. The fourth-order valence-electron chi connectivity index (χ4n) is 10.7. The SMILES string of the molecule is C.C.CC.CC.CC.CC.CC(C)(C)C1CC(C(C)(C)C)C1.CC(C)(C)C1CC1C(C)(C)C.CC(C)(C)C1CCC(C(C)(C)C)CC1.CC(C)(C)C1CCCC(C(C)(C)C)C1.C[C@@H]1C[C@@H]1C.C[C@H]1C[C@@H]1C. The van der Waals surface area contributed by atoms with Crippen molar-refractivity contribution in [3.8, 4) is 0 Å². The second-order valence-electron chi connectivity index (χ2n) is 31.7. The van der Waals surface area contributed by atoms with Gasteiger partial charge in [-0.1, -0.05) is 271 Å². The van der Waals surface area contributed by atoms with Crippen molar-refractivity contribution in [3.63, 3.8) is 0 Å². The molecule has 4 unspecified atom stereocenters. The molecule has 0 heterocycles. The third-order valence-corrected chi connectivity index (χ3v) is 17.9. The first kappa shape index (κ1) is 82.3. The summed E-state index contributed by atoms with van der Waals surface area (Å²) in [6.07, 6.45) is 18.9. The molecular weight excluding hydrogens is 853 g/mol. The Balaban J connectivity index is -0.000000177. The van der Waals surface area contributed by atoms with Crippen LogP contribution in [0.1, 0.15) is 348 Å². The minimum atomic E-state index is 0. The van der Waals surface area contributed by atoms with Gasteiger partial charge in [-0.15, -0.1) is 0 Å². The van der Waals surface area contributed by atoms with E-state index in [0.717, 1.165) is 71.0 Å². The lowest BCUT2D eigenvalue weighted by Crippen LogP contribution is -2.40. The van der Waals surface area contributed by atoms with Crippen LogP contribution in [0.5, 0.6) is 0 Å². The van der Waals surface area contributed by atoms with E-state index >= 15 is 0 Å². The van der Waals surface area contributed by atoms with E-state index in [9.17, 15) is 0 Å². The van der Waals surface area contributed by atoms with Gasteiger partial charge in [-0.2, -0.15) is 0 Å². The van der Waals surface area contributed by atoms with Gasteiger partial charge < -0.3 is 0 Å². The van der Waals surface area contributed by atoms with Gasteiger partial charge in [0.05, 0.1) is 0 Å². The van der Waals surface area contributed by atoms with Crippen LogP contribution in [0, 0.1) is 114 Å². The topological polar surface area (TPSA) is 0 Å². The van der Waals surface area contributed by atoms with E-state index in [0.29, 0.717) is 43.3 Å². The molecule has 438 valence electrons. The van der Waals surface area contributed by atoms with Gasteiger partial charge in [0.2, 0.25) is 0 Å². The van der Waals surface area contributed by atoms with Gasteiger partial charge in [-0.25, -0.2) is 0 Å². The maximum absolute atomic E-state index is 2.41. The van der Waals surface area contributed by atoms with Crippen molar-refractivity contribution in [2.45, 2.75) is 348 Å². The molecule has 0 aliphatic heterocycles. The van der Waals surface area contributed by atoms with Crippen molar-refractivity contribution in [1.29, 1.82) is 0 Å². The molecule has 6 aliphatic carbocycles. The van der Waals surface area contributed by atoms with Gasteiger partial charge in [0.15, 0.2) is 0 Å². The smallest absolute Gasteiger partial charge is 0.0329 e. The first-order valence-corrected chi connectivity index (χ1v) is 31.0. The molecule has 8 atom stereocenters. The first-order chi connectivity index (χ1) is 31.0. The highest BCUT2D eigenvalue weighted by molar-refractivity contribution is 4.99. The zero-order chi connectivity index (χ0) is 56.1. The lowest BCUT2D eigenvalue weighted by Gasteiger charge is -2.49. The van der Waals surface area contributed by atoms with Crippen LogP contribution in [0.15, 0.2) is 0 Å². The molecule has 0 nitrogen and oxygen atoms in total. The molecule has 0 aromatic rings. The average Bonchev–Trinajstić information content (AvgIpc) is 4.14. The number of rotatable bonds is 0. The number of hydrogen-bond donors (Lipinski definition) is 0. The lowest BCUT2D eigenvalue weighted by molar-refractivity contribution is 0.0110. The van der Waals surface area contributed by atoms with Gasteiger partial charge >= 0.3 is 0 Å². The quantitative estimate of drug-likeness (QED) is 0.227. The highest BCUT2D eigenvalue weighted by atomic mass is 14.6. The fraction of sp³-hybridized carbons (Fsp3) is 1.00. The van der Waals surface area contributed by atoms with Crippen LogP contribution in [0.3, 0.4) is 0 Å². The Kier molecular flexibility index (Phi) is 41.1. The Labute approximate surface area is 459 Å². The predicted octanol–water partition coefficient (Wildman–Crippen LogP) is 26.3. The molecule has 0 aromatic carbocycles. The number of hydrogen-bond acceptors (Lipinski definition) is 0. The summed E-state index contributed by atoms with van der Waals surface area (Å²) in [5.41, 5.74) is 4.26. The largest absolute Gasteiger partial charge is 0.0776 e. The van der Waals surface area contributed by atoms with E-state index in [2.05, 4.69) is 194 Å². The summed E-state index contributed by atoms with van der Waals surface area (Å²) in [6.45, 7) is 82.4. The molecule has 6 rings (SSSR count). The van der Waals surface area contributed by atoms with E-state index in [1.807, 2.05) is 55.4 Å². The monoisotopic (exact) mass is 1010 g/mol. The average molecular weight is 1010 g/mol. The Hall–Kier alpha value is 0. The summed E-state index contributed by atoms with van der Waals surface area (Å²) in [6, 6.07) is 0. The molecule has 71 heavy (non-hydrogen) atoms. The third-order valence-electron chi connectivity index (χ3n) is 17.9. The molecule has 0 aromatic heterocycles. The minimum absolute atomic E-state index is 0. The molecule has 0 bridgehead atoms. The zero-order valence-electron chi connectivity index (χ0n) is 56.1. The summed E-state index contributed by atoms with van der Waals surface area (Å²) in [5.74, 6) is 11.9. The van der Waals surface area contributed by atoms with Crippen LogP contribution >= 0.6 is 0 Å². The molecule has 0 spiro atoms. The highest BCUT2D eigenvalue weighted by Crippen LogP contribution is 2.58. The van der Waals surface area contributed by atoms with Gasteiger partial charge in [-0.05, 0) is 191 Å². The van der Waals surface area contributed by atoms with Crippen molar-refractivity contribution in [2.75, 3.05) is 0 Å². The Bertz CT molecular complexity index is 1090. The standard InChI is InChI=1S/2C14H28.C12H24.C11H22.2C5H10.4C2H6.2CH4/c1-13(2,3)11-7-9-12(10-8-11)14(4,5)6;1-13(2,3)11-8-7-9-12(10-11)14(4,5)6;1-11(2,3)9-7-10(8-9)12(4,5)6;1-10(2,3)8-7-9(8)11(4,5)6;2*1-4-3-5(4)2;4*1-2;;/h2*11-12H,7-10H2,1-6H3;9-10H,7-8H2,1-6H3;8-9H,7H2,1-6H3;2*4-5H,3H2,1-2H3;4*1-2H3;2*1H4/t;;;;4-,5+;4-,5-;;;;;;/m.....0....../s1. The summed E-state index contributed by atoms with van der Waals surface area (Å²) >= 11 is 0. The van der Waals surface area contributed by atoms with Crippen LogP contribution in [-0.2, 0) is 0 Å². The molecule has 6 fully saturated rings. The van der Waals surface area contributed by atoms with Crippen LogP contribution in [0.4, 0.5) is 0 Å². The van der Waals surface area contributed by atoms with Gasteiger partial charge in [-0.3, -0.25) is 0 Å². The van der Waals surface area contributed by atoms with Crippen molar-refractivity contribution >= 4 is 0 Å². The zero-order valence-corrected chi connectivity index (χ0v) is 56.1. The molecule has 0 radical (unpaired) electrons. The van der Waals surface area contributed by atoms with Crippen molar-refractivity contribution in [2.24, 2.45) is 114 Å². The maximum atomic E-state index is 2.41. The Morgan fingerprint density at radius 2 is 0.380 bits per heavy atom.